The van der Waals surface area contributed by atoms with Gasteiger partial charge < -0.3 is 25.4 Å². The van der Waals surface area contributed by atoms with Crippen molar-refractivity contribution in [3.63, 3.8) is 0 Å². The zero-order valence-corrected chi connectivity index (χ0v) is 19.9. The van der Waals surface area contributed by atoms with Gasteiger partial charge in [0, 0.05) is 52.1 Å². The number of ether oxygens (including phenoxy) is 2. The molecular weight excluding hydrogens is 422 g/mol. The zero-order chi connectivity index (χ0) is 23.2. The number of rotatable bonds is 14. The summed E-state index contributed by atoms with van der Waals surface area (Å²) in [6, 6.07) is 20.0. The molecule has 0 saturated carbocycles. The molecule has 0 aliphatic carbocycles. The number of nitrogens with two attached hydrogens (primary N) is 1. The van der Waals surface area contributed by atoms with Crippen LogP contribution in [0.1, 0.15) is 37.8 Å². The molecule has 174 valence electrons. The van der Waals surface area contributed by atoms with Gasteiger partial charge in [0.25, 0.3) is 0 Å². The van der Waals surface area contributed by atoms with Crippen LogP contribution in [0.2, 0.25) is 0 Å². The molecule has 0 heterocycles. The second kappa shape index (κ2) is 13.8. The van der Waals surface area contributed by atoms with E-state index in [9.17, 15) is 4.79 Å². The van der Waals surface area contributed by atoms with Crippen molar-refractivity contribution < 1.29 is 14.3 Å². The third-order valence-corrected chi connectivity index (χ3v) is 5.40. The number of carbonyl (C=O) groups excluding carboxylic acids is 1. The van der Waals surface area contributed by atoms with Crippen molar-refractivity contribution in [1.82, 2.24) is 10.2 Å². The molecule has 0 atom stereocenters. The van der Waals surface area contributed by atoms with Crippen LogP contribution in [0.4, 0.5) is 0 Å². The number of hydrogen-bond acceptors (Lipinski definition) is 4. The smallest absolute Gasteiger partial charge is 0.222 e. The largest absolute Gasteiger partial charge is 0.376 e. The molecule has 0 spiro atoms. The van der Waals surface area contributed by atoms with Crippen molar-refractivity contribution in [3.8, 4) is 0 Å². The van der Waals surface area contributed by atoms with Crippen LogP contribution in [0.3, 0.4) is 0 Å². The highest BCUT2D eigenvalue weighted by Crippen LogP contribution is 2.25. The summed E-state index contributed by atoms with van der Waals surface area (Å²) in [5.74, 6) is -0.816. The van der Waals surface area contributed by atoms with Crippen molar-refractivity contribution in [1.29, 1.82) is 0 Å². The summed E-state index contributed by atoms with van der Waals surface area (Å²) in [6.45, 7) is 6.46. The minimum absolute atomic E-state index is 0.0414. The lowest BCUT2D eigenvalue weighted by atomic mass is 10.0. The quantitative estimate of drug-likeness (QED) is 0.333. The van der Waals surface area contributed by atoms with Gasteiger partial charge in [0.05, 0.1) is 0 Å². The molecule has 1 amide bonds. The van der Waals surface area contributed by atoms with E-state index in [1.54, 1.807) is 0 Å². The maximum absolute atomic E-state index is 12.3. The van der Waals surface area contributed by atoms with Crippen molar-refractivity contribution in [3.05, 3.63) is 71.8 Å². The summed E-state index contributed by atoms with van der Waals surface area (Å²) < 4.78 is 12.2. The van der Waals surface area contributed by atoms with Crippen molar-refractivity contribution in [2.45, 2.75) is 45.4 Å². The SMILES string of the molecule is CCOC(CCN(CCC(=O)NCc1ccccc1)C(N)=S)(Cc1ccccc1)OCC. The van der Waals surface area contributed by atoms with Crippen molar-refractivity contribution >= 4 is 23.2 Å². The lowest BCUT2D eigenvalue weighted by molar-refractivity contribution is -0.236. The van der Waals surface area contributed by atoms with E-state index in [0.717, 1.165) is 11.1 Å². The third kappa shape index (κ3) is 8.94. The van der Waals surface area contributed by atoms with Crippen molar-refractivity contribution in [2.24, 2.45) is 5.73 Å². The van der Waals surface area contributed by atoms with E-state index in [-0.39, 0.29) is 11.0 Å². The van der Waals surface area contributed by atoms with Gasteiger partial charge in [-0.25, -0.2) is 0 Å². The summed E-state index contributed by atoms with van der Waals surface area (Å²) >= 11 is 5.25. The molecule has 3 N–H and O–H groups in total. The van der Waals surface area contributed by atoms with Gasteiger partial charge in [0.1, 0.15) is 0 Å². The first-order chi connectivity index (χ1) is 15.5. The highest BCUT2D eigenvalue weighted by Gasteiger charge is 2.32. The maximum Gasteiger partial charge on any atom is 0.222 e. The van der Waals surface area contributed by atoms with E-state index in [4.69, 9.17) is 27.4 Å². The first kappa shape index (κ1) is 25.8. The fourth-order valence-corrected chi connectivity index (χ4v) is 3.75. The monoisotopic (exact) mass is 457 g/mol. The van der Waals surface area contributed by atoms with E-state index in [1.165, 1.54) is 0 Å². The molecule has 7 heteroatoms. The molecular formula is C25H35N3O3S. The highest BCUT2D eigenvalue weighted by atomic mass is 32.1. The summed E-state index contributed by atoms with van der Waals surface area (Å²) in [4.78, 5) is 14.2. The normalized spacial score (nSPS) is 11.2. The molecule has 0 unspecified atom stereocenters. The molecule has 0 aromatic heterocycles. The van der Waals surface area contributed by atoms with Crippen LogP contribution in [0, 0.1) is 0 Å². The van der Waals surface area contributed by atoms with Gasteiger partial charge >= 0.3 is 0 Å². The Balaban J connectivity index is 1.94. The molecule has 0 radical (unpaired) electrons. The predicted molar refractivity (Wildman–Crippen MR) is 132 cm³/mol. The number of hydrogen-bond donors (Lipinski definition) is 2. The fraction of sp³-hybridized carbons (Fsp3) is 0.440. The summed E-state index contributed by atoms with van der Waals surface area (Å²) in [5.41, 5.74) is 8.16. The number of carbonyl (C=O) groups is 1. The summed E-state index contributed by atoms with van der Waals surface area (Å²) in [7, 11) is 0. The Morgan fingerprint density at radius 1 is 0.969 bits per heavy atom. The van der Waals surface area contributed by atoms with Gasteiger partial charge in [-0.1, -0.05) is 60.7 Å². The Kier molecular flexibility index (Phi) is 11.1. The molecule has 0 aliphatic rings. The van der Waals surface area contributed by atoms with Crippen LogP contribution in [-0.4, -0.2) is 48.0 Å². The van der Waals surface area contributed by atoms with E-state index >= 15 is 0 Å². The minimum Gasteiger partial charge on any atom is -0.376 e. The number of amides is 1. The van der Waals surface area contributed by atoms with Crippen LogP contribution >= 0.6 is 12.2 Å². The van der Waals surface area contributed by atoms with Gasteiger partial charge in [-0.15, -0.1) is 0 Å². The number of nitrogens with zero attached hydrogens (tertiary/aromatic N) is 1. The third-order valence-electron chi connectivity index (χ3n) is 5.15. The molecule has 2 aromatic carbocycles. The van der Waals surface area contributed by atoms with Gasteiger partial charge in [-0.3, -0.25) is 4.79 Å². The van der Waals surface area contributed by atoms with Crippen LogP contribution < -0.4 is 11.1 Å². The van der Waals surface area contributed by atoms with Gasteiger partial charge in [0.2, 0.25) is 5.91 Å². The van der Waals surface area contributed by atoms with Gasteiger partial charge in [-0.05, 0) is 37.2 Å². The average molecular weight is 458 g/mol. The lowest BCUT2D eigenvalue weighted by Crippen LogP contribution is -2.45. The Labute approximate surface area is 197 Å². The summed E-state index contributed by atoms with van der Waals surface area (Å²) in [5, 5.41) is 3.21. The Morgan fingerprint density at radius 2 is 1.53 bits per heavy atom. The Hall–Kier alpha value is -2.48. The number of benzene rings is 2. The first-order valence-corrected chi connectivity index (χ1v) is 11.6. The Bertz CT molecular complexity index is 812. The second-order valence-corrected chi connectivity index (χ2v) is 7.94. The lowest BCUT2D eigenvalue weighted by Gasteiger charge is -2.35. The van der Waals surface area contributed by atoms with Gasteiger partial charge in [-0.2, -0.15) is 0 Å². The van der Waals surface area contributed by atoms with Crippen LogP contribution in [0.15, 0.2) is 60.7 Å². The fourth-order valence-electron chi connectivity index (χ4n) is 3.57. The zero-order valence-electron chi connectivity index (χ0n) is 19.1. The molecule has 6 nitrogen and oxygen atoms in total. The molecule has 0 aliphatic heterocycles. The molecule has 0 bridgehead atoms. The maximum atomic E-state index is 12.3. The van der Waals surface area contributed by atoms with Crippen LogP contribution in [0.5, 0.6) is 0 Å². The Morgan fingerprint density at radius 3 is 2.06 bits per heavy atom. The minimum atomic E-state index is -0.774. The standard InChI is InChI=1S/C25H35N3O3S/c1-3-30-25(31-4-2,19-21-11-7-5-8-12-21)16-18-28(24(26)32)17-15-23(29)27-20-22-13-9-6-10-14-22/h5-14H,3-4,15-20H2,1-2H3,(H2,26,32)(H,27,29). The van der Waals surface area contributed by atoms with Gasteiger partial charge in [0.15, 0.2) is 10.9 Å². The predicted octanol–water partition coefficient (Wildman–Crippen LogP) is 3.64. The second-order valence-electron chi connectivity index (χ2n) is 7.53. The summed E-state index contributed by atoms with van der Waals surface area (Å²) in [6.07, 6.45) is 1.50. The topological polar surface area (TPSA) is 76.8 Å². The molecule has 2 aromatic rings. The average Bonchev–Trinajstić information content (AvgIpc) is 2.79. The number of nitrogens with one attached hydrogen (secondary N) is 1. The molecule has 2 rings (SSSR count). The van der Waals surface area contributed by atoms with E-state index < -0.39 is 5.79 Å². The highest BCUT2D eigenvalue weighted by molar-refractivity contribution is 7.80. The van der Waals surface area contributed by atoms with Crippen LogP contribution in [-0.2, 0) is 27.2 Å². The molecule has 0 fully saturated rings. The van der Waals surface area contributed by atoms with Crippen molar-refractivity contribution in [2.75, 3.05) is 26.3 Å². The van der Waals surface area contributed by atoms with E-state index in [2.05, 4.69) is 17.4 Å². The molecule has 32 heavy (non-hydrogen) atoms. The first-order valence-electron chi connectivity index (χ1n) is 11.1. The van der Waals surface area contributed by atoms with E-state index in [1.807, 2.05) is 67.3 Å². The van der Waals surface area contributed by atoms with Crippen LogP contribution in [0.25, 0.3) is 0 Å². The van der Waals surface area contributed by atoms with E-state index in [0.29, 0.717) is 52.1 Å². The number of thiocarbonyl (C=S) groups is 1. The molecule has 0 saturated heterocycles.